The molecule has 0 aliphatic carbocycles. The Hall–Kier alpha value is -1.30. The van der Waals surface area contributed by atoms with E-state index in [0.29, 0.717) is 16.9 Å². The molecule has 0 aliphatic rings. The van der Waals surface area contributed by atoms with Crippen LogP contribution in [0.2, 0.25) is 0 Å². The van der Waals surface area contributed by atoms with Gasteiger partial charge in [-0.1, -0.05) is 0 Å². The van der Waals surface area contributed by atoms with Gasteiger partial charge in [-0.2, -0.15) is 13.2 Å². The van der Waals surface area contributed by atoms with E-state index >= 15 is 0 Å². The number of benzene rings is 1. The van der Waals surface area contributed by atoms with E-state index in [4.69, 9.17) is 11.6 Å². The maximum Gasteiger partial charge on any atom is 0.390 e. The van der Waals surface area contributed by atoms with Crippen molar-refractivity contribution in [3.8, 4) is 0 Å². The second-order valence-electron chi connectivity index (χ2n) is 4.24. The number of fused-ring (bicyclic) bond motifs is 1. The van der Waals surface area contributed by atoms with E-state index in [0.717, 1.165) is 0 Å². The molecule has 7 heteroatoms. The van der Waals surface area contributed by atoms with Crippen molar-refractivity contribution in [2.75, 3.05) is 0 Å². The number of halogens is 5. The Morgan fingerprint density at radius 1 is 1.37 bits per heavy atom. The maximum atomic E-state index is 13.1. The highest BCUT2D eigenvalue weighted by atomic mass is 35.5. The van der Waals surface area contributed by atoms with Crippen molar-refractivity contribution in [3.63, 3.8) is 0 Å². The van der Waals surface area contributed by atoms with Crippen LogP contribution in [0, 0.1) is 5.82 Å². The molecule has 0 spiro atoms. The first-order valence-corrected chi connectivity index (χ1v) is 6.08. The molecule has 1 atom stereocenters. The molecule has 104 valence electrons. The van der Waals surface area contributed by atoms with Gasteiger partial charge in [0.2, 0.25) is 0 Å². The number of aromatic nitrogens is 2. The van der Waals surface area contributed by atoms with Gasteiger partial charge in [0.25, 0.3) is 0 Å². The largest absolute Gasteiger partial charge is 0.390 e. The molecule has 0 amide bonds. The summed E-state index contributed by atoms with van der Waals surface area (Å²) in [6.07, 6.45) is -5.24. The zero-order valence-corrected chi connectivity index (χ0v) is 10.8. The lowest BCUT2D eigenvalue weighted by Gasteiger charge is -2.12. The molecule has 1 aromatic carbocycles. The van der Waals surface area contributed by atoms with Crippen molar-refractivity contribution in [3.05, 3.63) is 29.8 Å². The van der Waals surface area contributed by atoms with E-state index in [1.165, 1.54) is 22.8 Å². The molecule has 2 nitrogen and oxygen atoms in total. The molecule has 0 radical (unpaired) electrons. The molecule has 0 fully saturated rings. The van der Waals surface area contributed by atoms with Crippen molar-refractivity contribution >= 4 is 22.6 Å². The number of hydrogen-bond donors (Lipinski definition) is 0. The molecule has 0 aliphatic heterocycles. The second kappa shape index (κ2) is 5.00. The first-order chi connectivity index (χ1) is 8.78. The summed E-state index contributed by atoms with van der Waals surface area (Å²) in [6, 6.07) is 3.79. The summed E-state index contributed by atoms with van der Waals surface area (Å²) in [5, 5.41) is -0.552. The molecule has 19 heavy (non-hydrogen) atoms. The number of aryl methyl sites for hydroxylation is 1. The Bertz CT molecular complexity index is 589. The second-order valence-corrected chi connectivity index (χ2v) is 4.89. The van der Waals surface area contributed by atoms with E-state index in [1.807, 2.05) is 0 Å². The summed E-state index contributed by atoms with van der Waals surface area (Å²) in [5.74, 6) is -0.173. The van der Waals surface area contributed by atoms with Gasteiger partial charge in [-0.05, 0) is 19.1 Å². The Kier molecular flexibility index (Phi) is 3.71. The van der Waals surface area contributed by atoms with Gasteiger partial charge in [-0.3, -0.25) is 0 Å². The lowest BCUT2D eigenvalue weighted by Crippen LogP contribution is -2.14. The minimum Gasteiger partial charge on any atom is -0.326 e. The molecule has 0 bridgehead atoms. The van der Waals surface area contributed by atoms with Crippen LogP contribution in [0.15, 0.2) is 18.2 Å². The quantitative estimate of drug-likeness (QED) is 0.605. The SMILES string of the molecule is CC(Cl)c1nc2cc(F)ccc2n1CCC(F)(F)F. The smallest absolute Gasteiger partial charge is 0.326 e. The number of rotatable bonds is 3. The van der Waals surface area contributed by atoms with Gasteiger partial charge in [0.05, 0.1) is 22.8 Å². The third-order valence-corrected chi connectivity index (χ3v) is 2.91. The summed E-state index contributed by atoms with van der Waals surface area (Å²) in [7, 11) is 0. The molecule has 2 aromatic rings. The van der Waals surface area contributed by atoms with Crippen LogP contribution in [0.3, 0.4) is 0 Å². The zero-order chi connectivity index (χ0) is 14.2. The number of nitrogens with zero attached hydrogens (tertiary/aromatic N) is 2. The molecule has 1 heterocycles. The average Bonchev–Trinajstić information content (AvgIpc) is 2.63. The minimum absolute atomic E-state index is 0.280. The van der Waals surface area contributed by atoms with Crippen LogP contribution < -0.4 is 0 Å². The monoisotopic (exact) mass is 294 g/mol. The van der Waals surface area contributed by atoms with E-state index in [9.17, 15) is 17.6 Å². The Morgan fingerprint density at radius 2 is 2.05 bits per heavy atom. The van der Waals surface area contributed by atoms with E-state index in [1.54, 1.807) is 6.92 Å². The summed E-state index contributed by atoms with van der Waals surface area (Å²) in [5.41, 5.74) is 0.762. The van der Waals surface area contributed by atoms with Crippen LogP contribution in [0.25, 0.3) is 11.0 Å². The predicted molar refractivity (Wildman–Crippen MR) is 64.6 cm³/mol. The van der Waals surface area contributed by atoms with Crippen molar-refractivity contribution in [2.24, 2.45) is 0 Å². The lowest BCUT2D eigenvalue weighted by molar-refractivity contribution is -0.136. The van der Waals surface area contributed by atoms with E-state index < -0.39 is 23.8 Å². The third-order valence-electron chi connectivity index (χ3n) is 2.71. The summed E-state index contributed by atoms with van der Waals surface area (Å²) in [6.45, 7) is 1.33. The van der Waals surface area contributed by atoms with Gasteiger partial charge >= 0.3 is 6.18 Å². The fourth-order valence-corrected chi connectivity index (χ4v) is 2.07. The number of imidazole rings is 1. The summed E-state index contributed by atoms with van der Waals surface area (Å²) >= 11 is 5.91. The maximum absolute atomic E-state index is 13.1. The van der Waals surface area contributed by atoms with Crippen LogP contribution in [0.4, 0.5) is 17.6 Å². The van der Waals surface area contributed by atoms with Crippen LogP contribution in [-0.2, 0) is 6.54 Å². The molecule has 0 saturated carbocycles. The van der Waals surface area contributed by atoms with Crippen LogP contribution in [0.1, 0.15) is 24.5 Å². The fourth-order valence-electron chi connectivity index (χ4n) is 1.90. The van der Waals surface area contributed by atoms with Crippen LogP contribution in [-0.4, -0.2) is 15.7 Å². The number of hydrogen-bond acceptors (Lipinski definition) is 1. The van der Waals surface area contributed by atoms with Crippen LogP contribution in [0.5, 0.6) is 0 Å². The lowest BCUT2D eigenvalue weighted by atomic mass is 10.3. The Morgan fingerprint density at radius 3 is 2.63 bits per heavy atom. The molecular weight excluding hydrogens is 284 g/mol. The topological polar surface area (TPSA) is 17.8 Å². The average molecular weight is 295 g/mol. The fraction of sp³-hybridized carbons (Fsp3) is 0.417. The van der Waals surface area contributed by atoms with Gasteiger partial charge in [0.15, 0.2) is 0 Å². The molecular formula is C12H11ClF4N2. The molecule has 1 unspecified atom stereocenters. The molecule has 0 N–H and O–H groups in total. The zero-order valence-electron chi connectivity index (χ0n) is 10.0. The van der Waals surface area contributed by atoms with Crippen molar-refractivity contribution in [1.29, 1.82) is 0 Å². The standard InChI is InChI=1S/C12H11ClF4N2/c1-7(13)11-18-9-6-8(14)2-3-10(9)19(11)5-4-12(15,16)17/h2-3,6-7H,4-5H2,1H3. The number of alkyl halides is 4. The predicted octanol–water partition coefficient (Wildman–Crippen LogP) is 4.43. The Balaban J connectivity index is 2.46. The van der Waals surface area contributed by atoms with Crippen molar-refractivity contribution < 1.29 is 17.6 Å². The minimum atomic E-state index is -4.26. The molecule has 0 saturated heterocycles. The van der Waals surface area contributed by atoms with Gasteiger partial charge < -0.3 is 4.57 Å². The summed E-state index contributed by atoms with van der Waals surface area (Å²) in [4.78, 5) is 4.10. The van der Waals surface area contributed by atoms with E-state index in [2.05, 4.69) is 4.98 Å². The van der Waals surface area contributed by atoms with Gasteiger partial charge in [0.1, 0.15) is 11.6 Å². The highest BCUT2D eigenvalue weighted by Crippen LogP contribution is 2.28. The third kappa shape index (κ3) is 3.18. The summed E-state index contributed by atoms with van der Waals surface area (Å²) < 4.78 is 51.4. The molecule has 2 rings (SSSR count). The Labute approximate surface area is 112 Å². The van der Waals surface area contributed by atoms with Gasteiger partial charge in [-0.25, -0.2) is 9.37 Å². The normalized spacial score (nSPS) is 14.0. The highest BCUT2D eigenvalue weighted by molar-refractivity contribution is 6.20. The van der Waals surface area contributed by atoms with Crippen LogP contribution >= 0.6 is 11.6 Å². The first-order valence-electron chi connectivity index (χ1n) is 5.64. The van der Waals surface area contributed by atoms with Gasteiger partial charge in [-0.15, -0.1) is 11.6 Å². The van der Waals surface area contributed by atoms with Gasteiger partial charge in [0, 0.05) is 12.6 Å². The highest BCUT2D eigenvalue weighted by Gasteiger charge is 2.28. The first kappa shape index (κ1) is 14.1. The van der Waals surface area contributed by atoms with Crippen molar-refractivity contribution in [1.82, 2.24) is 9.55 Å². The molecule has 1 aromatic heterocycles. The van der Waals surface area contributed by atoms with Crippen molar-refractivity contribution in [2.45, 2.75) is 31.4 Å². The van der Waals surface area contributed by atoms with E-state index in [-0.39, 0.29) is 6.54 Å².